The molecule has 4 heterocycles. The molecule has 9 heteroatoms. The molecular formula is C20H19N5O3S. The first-order valence-electron chi connectivity index (χ1n) is 9.24. The van der Waals surface area contributed by atoms with Gasteiger partial charge >= 0.3 is 0 Å². The molecular weight excluding hydrogens is 390 g/mol. The maximum atomic E-state index is 12.6. The highest BCUT2D eigenvalue weighted by molar-refractivity contribution is 7.16. The van der Waals surface area contributed by atoms with Gasteiger partial charge < -0.3 is 19.2 Å². The Labute approximate surface area is 171 Å². The van der Waals surface area contributed by atoms with Gasteiger partial charge in [-0.05, 0) is 24.1 Å². The molecule has 0 atom stereocenters. The second-order valence-corrected chi connectivity index (χ2v) is 7.85. The van der Waals surface area contributed by atoms with Crippen molar-refractivity contribution in [1.82, 2.24) is 14.5 Å². The van der Waals surface area contributed by atoms with E-state index in [1.165, 1.54) is 11.3 Å². The van der Waals surface area contributed by atoms with Crippen molar-refractivity contribution in [2.24, 2.45) is 0 Å². The monoisotopic (exact) mass is 409 g/mol. The second kappa shape index (κ2) is 8.32. The standard InChI is InChI=1S/C20H19N5O3S/c21-10-16-15-5-7-25(19(27)12-24-8-6-22-13-24)11-17(15)29-20(16)23-18(26)4-3-14-2-1-9-28-14/h1-2,6,8-9,13H,3-5,7,11-12H2,(H,23,26). The molecule has 8 nitrogen and oxygen atoms in total. The zero-order chi connectivity index (χ0) is 20.2. The predicted molar refractivity (Wildman–Crippen MR) is 106 cm³/mol. The zero-order valence-corrected chi connectivity index (χ0v) is 16.4. The number of nitrogens with zero attached hydrogens (tertiary/aromatic N) is 4. The molecule has 1 aliphatic heterocycles. The van der Waals surface area contributed by atoms with Gasteiger partial charge in [0.05, 0.1) is 24.7 Å². The molecule has 29 heavy (non-hydrogen) atoms. The van der Waals surface area contributed by atoms with Gasteiger partial charge in [-0.2, -0.15) is 5.26 Å². The van der Waals surface area contributed by atoms with Crippen molar-refractivity contribution in [3.05, 3.63) is 58.9 Å². The average molecular weight is 409 g/mol. The molecule has 1 aliphatic rings. The number of thiophene rings is 1. The lowest BCUT2D eigenvalue weighted by molar-refractivity contribution is -0.132. The molecule has 0 aromatic carbocycles. The summed E-state index contributed by atoms with van der Waals surface area (Å²) in [6.45, 7) is 1.24. The van der Waals surface area contributed by atoms with Crippen LogP contribution in [-0.2, 0) is 35.5 Å². The van der Waals surface area contributed by atoms with E-state index in [9.17, 15) is 14.9 Å². The summed E-state index contributed by atoms with van der Waals surface area (Å²) in [5.74, 6) is 0.590. The molecule has 0 bridgehead atoms. The molecule has 2 amide bonds. The van der Waals surface area contributed by atoms with E-state index in [1.54, 1.807) is 40.5 Å². The predicted octanol–water partition coefficient (Wildman–Crippen LogP) is 2.57. The van der Waals surface area contributed by atoms with Gasteiger partial charge in [0.2, 0.25) is 11.8 Å². The van der Waals surface area contributed by atoms with E-state index in [-0.39, 0.29) is 24.8 Å². The lowest BCUT2D eigenvalue weighted by atomic mass is 10.0. The summed E-state index contributed by atoms with van der Waals surface area (Å²) < 4.78 is 6.98. The Morgan fingerprint density at radius 1 is 1.41 bits per heavy atom. The fourth-order valence-electron chi connectivity index (χ4n) is 3.34. The summed E-state index contributed by atoms with van der Waals surface area (Å²) in [6, 6.07) is 5.83. The maximum Gasteiger partial charge on any atom is 0.242 e. The highest BCUT2D eigenvalue weighted by Gasteiger charge is 2.27. The first-order valence-corrected chi connectivity index (χ1v) is 10.1. The third-order valence-electron chi connectivity index (χ3n) is 4.83. The summed E-state index contributed by atoms with van der Waals surface area (Å²) in [4.78, 5) is 31.5. The van der Waals surface area contributed by atoms with Crippen LogP contribution in [0.15, 0.2) is 41.5 Å². The fourth-order valence-corrected chi connectivity index (χ4v) is 4.57. The largest absolute Gasteiger partial charge is 0.469 e. The fraction of sp³-hybridized carbons (Fsp3) is 0.300. The third-order valence-corrected chi connectivity index (χ3v) is 5.96. The van der Waals surface area contributed by atoms with E-state index in [0.29, 0.717) is 36.5 Å². The van der Waals surface area contributed by atoms with Crippen molar-refractivity contribution in [3.8, 4) is 6.07 Å². The van der Waals surface area contributed by atoms with Crippen molar-refractivity contribution in [2.45, 2.75) is 32.4 Å². The van der Waals surface area contributed by atoms with Gasteiger partial charge in [-0.1, -0.05) is 0 Å². The number of imidazole rings is 1. The topological polar surface area (TPSA) is 104 Å². The molecule has 3 aromatic rings. The van der Waals surface area contributed by atoms with E-state index >= 15 is 0 Å². The van der Waals surface area contributed by atoms with Crippen LogP contribution in [0.4, 0.5) is 5.00 Å². The van der Waals surface area contributed by atoms with Crippen LogP contribution in [0.2, 0.25) is 0 Å². The maximum absolute atomic E-state index is 12.6. The Bertz CT molecular complexity index is 1050. The average Bonchev–Trinajstić information content (AvgIpc) is 3.46. The summed E-state index contributed by atoms with van der Waals surface area (Å²) in [5.41, 5.74) is 1.45. The number of rotatable bonds is 6. The van der Waals surface area contributed by atoms with Crippen molar-refractivity contribution in [1.29, 1.82) is 5.26 Å². The summed E-state index contributed by atoms with van der Waals surface area (Å²) in [6.07, 6.45) is 7.96. The quantitative estimate of drug-likeness (QED) is 0.674. The highest BCUT2D eigenvalue weighted by atomic mass is 32.1. The minimum absolute atomic E-state index is 0.00425. The Hall–Kier alpha value is -3.38. The van der Waals surface area contributed by atoms with Crippen LogP contribution in [0.3, 0.4) is 0 Å². The molecule has 3 aromatic heterocycles. The van der Waals surface area contributed by atoms with Crippen LogP contribution < -0.4 is 5.32 Å². The van der Waals surface area contributed by atoms with Crippen LogP contribution in [0.5, 0.6) is 0 Å². The molecule has 0 unspecified atom stereocenters. The molecule has 0 fully saturated rings. The molecule has 0 radical (unpaired) electrons. The summed E-state index contributed by atoms with van der Waals surface area (Å²) >= 11 is 1.38. The number of hydrogen-bond acceptors (Lipinski definition) is 6. The van der Waals surface area contributed by atoms with Crippen LogP contribution in [0.1, 0.15) is 28.2 Å². The number of carbonyl (C=O) groups is 2. The first kappa shape index (κ1) is 19.0. The van der Waals surface area contributed by atoms with E-state index in [2.05, 4.69) is 16.4 Å². The molecule has 1 N–H and O–H groups in total. The van der Waals surface area contributed by atoms with E-state index in [1.807, 2.05) is 6.07 Å². The van der Waals surface area contributed by atoms with Gasteiger partial charge in [-0.3, -0.25) is 9.59 Å². The first-order chi connectivity index (χ1) is 14.1. The van der Waals surface area contributed by atoms with Gasteiger partial charge in [-0.25, -0.2) is 4.98 Å². The van der Waals surface area contributed by atoms with Crippen LogP contribution in [0, 0.1) is 11.3 Å². The Morgan fingerprint density at radius 2 is 2.31 bits per heavy atom. The second-order valence-electron chi connectivity index (χ2n) is 6.75. The van der Waals surface area contributed by atoms with E-state index in [4.69, 9.17) is 4.42 Å². The highest BCUT2D eigenvalue weighted by Crippen LogP contribution is 2.36. The number of hydrogen-bond donors (Lipinski definition) is 1. The van der Waals surface area contributed by atoms with Gasteiger partial charge in [0, 0.05) is 36.7 Å². The minimum Gasteiger partial charge on any atom is -0.469 e. The SMILES string of the molecule is N#Cc1c(NC(=O)CCc2ccco2)sc2c1CCN(C(=O)Cn1ccnc1)C2. The molecule has 4 rings (SSSR count). The number of carbonyl (C=O) groups excluding carboxylic acids is 2. The van der Waals surface area contributed by atoms with Crippen LogP contribution in [0.25, 0.3) is 0 Å². The normalized spacial score (nSPS) is 13.0. The number of nitriles is 1. The lowest BCUT2D eigenvalue weighted by Gasteiger charge is -2.27. The van der Waals surface area contributed by atoms with Crippen molar-refractivity contribution < 1.29 is 14.0 Å². The summed E-state index contributed by atoms with van der Waals surface area (Å²) in [5, 5.41) is 13.0. The molecule has 0 saturated heterocycles. The van der Waals surface area contributed by atoms with Gasteiger partial charge in [0.15, 0.2) is 0 Å². The number of amides is 2. The van der Waals surface area contributed by atoms with E-state index < -0.39 is 0 Å². The lowest BCUT2D eigenvalue weighted by Crippen LogP contribution is -2.37. The Morgan fingerprint density at radius 3 is 3.03 bits per heavy atom. The minimum atomic E-state index is -0.162. The van der Waals surface area contributed by atoms with Crippen molar-refractivity contribution in [3.63, 3.8) is 0 Å². The number of aryl methyl sites for hydroxylation is 1. The number of aromatic nitrogens is 2. The number of nitrogens with one attached hydrogen (secondary N) is 1. The molecule has 0 spiro atoms. The molecule has 0 saturated carbocycles. The van der Waals surface area contributed by atoms with Crippen LogP contribution in [-0.4, -0.2) is 32.8 Å². The smallest absolute Gasteiger partial charge is 0.242 e. The molecule has 0 aliphatic carbocycles. The Kier molecular flexibility index (Phi) is 5.44. The van der Waals surface area contributed by atoms with Crippen molar-refractivity contribution in [2.75, 3.05) is 11.9 Å². The number of anilines is 1. The zero-order valence-electron chi connectivity index (χ0n) is 15.6. The van der Waals surface area contributed by atoms with Gasteiger partial charge in [0.1, 0.15) is 23.4 Å². The van der Waals surface area contributed by atoms with Crippen LogP contribution >= 0.6 is 11.3 Å². The van der Waals surface area contributed by atoms with Gasteiger partial charge in [0.25, 0.3) is 0 Å². The summed E-state index contributed by atoms with van der Waals surface area (Å²) in [7, 11) is 0. The third kappa shape index (κ3) is 4.22. The van der Waals surface area contributed by atoms with Crippen molar-refractivity contribution >= 4 is 28.2 Å². The van der Waals surface area contributed by atoms with E-state index in [0.717, 1.165) is 16.2 Å². The van der Waals surface area contributed by atoms with Gasteiger partial charge in [-0.15, -0.1) is 11.3 Å². The molecule has 148 valence electrons. The Balaban J connectivity index is 1.42. The number of fused-ring (bicyclic) bond motifs is 1. The number of furan rings is 1.